The summed E-state index contributed by atoms with van der Waals surface area (Å²) in [6.07, 6.45) is 0.651. The molecule has 2 aromatic rings. The zero-order valence-electron chi connectivity index (χ0n) is 16.8. The van der Waals surface area contributed by atoms with Crippen molar-refractivity contribution >= 4 is 11.9 Å². The van der Waals surface area contributed by atoms with Crippen LogP contribution in [0.2, 0.25) is 0 Å². The molecule has 0 bridgehead atoms. The smallest absolute Gasteiger partial charge is 0.342 e. The molecular formula is C22H27NO5. The van der Waals surface area contributed by atoms with Crippen molar-refractivity contribution in [3.05, 3.63) is 58.7 Å². The van der Waals surface area contributed by atoms with Crippen LogP contribution in [0, 0.1) is 20.8 Å². The summed E-state index contributed by atoms with van der Waals surface area (Å²) in [5, 5.41) is 2.71. The largest absolute Gasteiger partial charge is 0.496 e. The molecule has 0 spiro atoms. The fraction of sp³-hybridized carbons (Fsp3) is 0.364. The first kappa shape index (κ1) is 21.3. The van der Waals surface area contributed by atoms with E-state index in [-0.39, 0.29) is 18.1 Å². The Kier molecular flexibility index (Phi) is 7.87. The number of para-hydroxylation sites is 1. The minimum atomic E-state index is -0.596. The summed E-state index contributed by atoms with van der Waals surface area (Å²) in [5.41, 5.74) is 3.76. The van der Waals surface area contributed by atoms with Crippen LogP contribution in [0.5, 0.6) is 11.5 Å². The van der Waals surface area contributed by atoms with Gasteiger partial charge >= 0.3 is 5.97 Å². The van der Waals surface area contributed by atoms with Crippen molar-refractivity contribution in [2.24, 2.45) is 0 Å². The molecule has 6 heteroatoms. The number of amides is 1. The average Bonchev–Trinajstić information content (AvgIpc) is 2.69. The molecule has 0 fully saturated rings. The molecule has 1 N–H and O–H groups in total. The Hall–Kier alpha value is -3.02. The number of carbonyl (C=O) groups is 2. The van der Waals surface area contributed by atoms with Crippen molar-refractivity contribution in [2.75, 3.05) is 26.9 Å². The molecular weight excluding hydrogens is 358 g/mol. The number of carbonyl (C=O) groups excluding carboxylic acids is 2. The molecule has 0 saturated heterocycles. The van der Waals surface area contributed by atoms with E-state index in [1.807, 2.05) is 19.9 Å². The molecule has 0 aliphatic carbocycles. The molecule has 0 heterocycles. The van der Waals surface area contributed by atoms with E-state index < -0.39 is 5.97 Å². The number of esters is 1. The second kappa shape index (κ2) is 10.3. The lowest BCUT2D eigenvalue weighted by Gasteiger charge is -2.12. The maximum Gasteiger partial charge on any atom is 0.342 e. The first-order valence-electron chi connectivity index (χ1n) is 9.20. The summed E-state index contributed by atoms with van der Waals surface area (Å²) >= 11 is 0. The molecule has 0 atom stereocenters. The summed E-state index contributed by atoms with van der Waals surface area (Å²) in [5.74, 6) is 0.327. The number of benzene rings is 2. The first-order chi connectivity index (χ1) is 13.4. The highest BCUT2D eigenvalue weighted by Gasteiger charge is 2.14. The van der Waals surface area contributed by atoms with Crippen LogP contribution in [0.1, 0.15) is 33.5 Å². The number of aryl methyl sites for hydroxylation is 2. The van der Waals surface area contributed by atoms with Gasteiger partial charge in [0.2, 0.25) is 0 Å². The Morgan fingerprint density at radius 2 is 1.79 bits per heavy atom. The summed E-state index contributed by atoms with van der Waals surface area (Å²) in [6, 6.07) is 10.8. The van der Waals surface area contributed by atoms with E-state index in [1.165, 1.54) is 12.7 Å². The van der Waals surface area contributed by atoms with Gasteiger partial charge in [0.1, 0.15) is 17.1 Å². The lowest BCUT2D eigenvalue weighted by atomic mass is 10.1. The second-order valence-corrected chi connectivity index (χ2v) is 6.53. The van der Waals surface area contributed by atoms with Crippen LogP contribution in [0.4, 0.5) is 0 Å². The molecule has 0 unspecified atom stereocenters. The number of hydrogen-bond donors (Lipinski definition) is 1. The van der Waals surface area contributed by atoms with Crippen LogP contribution < -0.4 is 14.8 Å². The zero-order valence-corrected chi connectivity index (χ0v) is 16.8. The van der Waals surface area contributed by atoms with Crippen LogP contribution in [0.25, 0.3) is 0 Å². The number of hydrogen-bond acceptors (Lipinski definition) is 5. The Bertz CT molecular complexity index is 832. The van der Waals surface area contributed by atoms with Crippen molar-refractivity contribution in [1.29, 1.82) is 0 Å². The molecule has 6 nitrogen and oxygen atoms in total. The van der Waals surface area contributed by atoms with Crippen molar-refractivity contribution < 1.29 is 23.8 Å². The third kappa shape index (κ3) is 6.01. The fourth-order valence-corrected chi connectivity index (χ4v) is 2.71. The summed E-state index contributed by atoms with van der Waals surface area (Å²) in [4.78, 5) is 23.9. The van der Waals surface area contributed by atoms with Gasteiger partial charge in [0, 0.05) is 6.54 Å². The lowest BCUT2D eigenvalue weighted by Crippen LogP contribution is -2.30. The molecule has 0 aliphatic heterocycles. The third-order valence-electron chi connectivity index (χ3n) is 4.33. The van der Waals surface area contributed by atoms with Gasteiger partial charge in [0.05, 0.1) is 13.7 Å². The molecule has 2 rings (SSSR count). The minimum Gasteiger partial charge on any atom is -0.496 e. The first-order valence-corrected chi connectivity index (χ1v) is 9.20. The Morgan fingerprint density at radius 3 is 2.54 bits per heavy atom. The number of nitrogens with one attached hydrogen (secondary N) is 1. The van der Waals surface area contributed by atoms with E-state index in [1.54, 1.807) is 24.3 Å². The molecule has 0 saturated carbocycles. The van der Waals surface area contributed by atoms with Gasteiger partial charge in [-0.2, -0.15) is 0 Å². The van der Waals surface area contributed by atoms with Crippen LogP contribution >= 0.6 is 0 Å². The second-order valence-electron chi connectivity index (χ2n) is 6.53. The summed E-state index contributed by atoms with van der Waals surface area (Å²) < 4.78 is 16.0. The maximum absolute atomic E-state index is 12.0. The van der Waals surface area contributed by atoms with E-state index in [0.717, 1.165) is 16.9 Å². The minimum absolute atomic E-state index is 0.287. The Balaban J connectivity index is 1.68. The van der Waals surface area contributed by atoms with Crippen molar-refractivity contribution in [3.8, 4) is 11.5 Å². The number of rotatable bonds is 9. The highest BCUT2D eigenvalue weighted by molar-refractivity contribution is 5.93. The molecule has 150 valence electrons. The molecule has 1 amide bonds. The highest BCUT2D eigenvalue weighted by Crippen LogP contribution is 2.23. The van der Waals surface area contributed by atoms with Gasteiger partial charge in [-0.25, -0.2) is 4.79 Å². The maximum atomic E-state index is 12.0. The van der Waals surface area contributed by atoms with E-state index in [2.05, 4.69) is 18.3 Å². The summed E-state index contributed by atoms with van der Waals surface area (Å²) in [6.45, 7) is 6.71. The van der Waals surface area contributed by atoms with E-state index in [4.69, 9.17) is 14.2 Å². The highest BCUT2D eigenvalue weighted by atomic mass is 16.5. The molecule has 2 aromatic carbocycles. The van der Waals surface area contributed by atoms with Crippen molar-refractivity contribution in [2.45, 2.75) is 27.2 Å². The number of methoxy groups -OCH3 is 1. The quantitative estimate of drug-likeness (QED) is 0.529. The summed E-state index contributed by atoms with van der Waals surface area (Å²) in [7, 11) is 1.47. The van der Waals surface area contributed by atoms with Crippen molar-refractivity contribution in [1.82, 2.24) is 5.32 Å². The topological polar surface area (TPSA) is 73.9 Å². The Labute approximate surface area is 165 Å². The standard InChI is InChI=1S/C22H27NO5/c1-15-12-16(2)17(3)20(13-15)27-11-7-10-23-21(24)14-28-22(25)18-8-5-6-9-19(18)26-4/h5-6,8-9,12-13H,7,10-11,14H2,1-4H3,(H,23,24). The number of ether oxygens (including phenoxy) is 3. The van der Waals surface area contributed by atoms with Crippen LogP contribution in [-0.4, -0.2) is 38.7 Å². The fourth-order valence-electron chi connectivity index (χ4n) is 2.71. The lowest BCUT2D eigenvalue weighted by molar-refractivity contribution is -0.124. The van der Waals surface area contributed by atoms with Crippen LogP contribution in [0.3, 0.4) is 0 Å². The average molecular weight is 385 g/mol. The Morgan fingerprint density at radius 1 is 1.04 bits per heavy atom. The van der Waals surface area contributed by atoms with Gasteiger partial charge in [0.15, 0.2) is 6.61 Å². The SMILES string of the molecule is COc1ccccc1C(=O)OCC(=O)NCCCOc1cc(C)cc(C)c1C. The van der Waals surface area contributed by atoms with Crippen LogP contribution in [0.15, 0.2) is 36.4 Å². The molecule has 0 aromatic heterocycles. The molecule has 0 aliphatic rings. The van der Waals surface area contributed by atoms with E-state index in [9.17, 15) is 9.59 Å². The zero-order chi connectivity index (χ0) is 20.5. The molecule has 28 heavy (non-hydrogen) atoms. The van der Waals surface area contributed by atoms with Gasteiger partial charge in [-0.05, 0) is 62.1 Å². The van der Waals surface area contributed by atoms with Crippen molar-refractivity contribution in [3.63, 3.8) is 0 Å². The monoisotopic (exact) mass is 385 g/mol. The normalized spacial score (nSPS) is 10.3. The van der Waals surface area contributed by atoms with Gasteiger partial charge < -0.3 is 19.5 Å². The van der Waals surface area contributed by atoms with Gasteiger partial charge in [-0.1, -0.05) is 18.2 Å². The predicted octanol–water partition coefficient (Wildman–Crippen LogP) is 3.36. The third-order valence-corrected chi connectivity index (χ3v) is 4.33. The molecule has 0 radical (unpaired) electrons. The van der Waals surface area contributed by atoms with Gasteiger partial charge in [0.25, 0.3) is 5.91 Å². The predicted molar refractivity (Wildman–Crippen MR) is 107 cm³/mol. The van der Waals surface area contributed by atoms with E-state index in [0.29, 0.717) is 25.3 Å². The van der Waals surface area contributed by atoms with Gasteiger partial charge in [-0.3, -0.25) is 4.79 Å². The van der Waals surface area contributed by atoms with Crippen LogP contribution in [-0.2, 0) is 9.53 Å². The van der Waals surface area contributed by atoms with E-state index >= 15 is 0 Å². The van der Waals surface area contributed by atoms with Gasteiger partial charge in [-0.15, -0.1) is 0 Å².